The van der Waals surface area contributed by atoms with Crippen LogP contribution in [0.3, 0.4) is 0 Å². The fraction of sp³-hybridized carbons (Fsp3) is 0.250. The average molecular weight is 276 g/mol. The fourth-order valence-corrected chi connectivity index (χ4v) is 2.40. The van der Waals surface area contributed by atoms with Crippen LogP contribution in [0.1, 0.15) is 24.1 Å². The summed E-state index contributed by atoms with van der Waals surface area (Å²) in [6, 6.07) is 16.0. The molecular weight excluding hydrogens is 258 g/mol. The lowest BCUT2D eigenvalue weighted by Gasteiger charge is -2.21. The van der Waals surface area contributed by atoms with E-state index in [2.05, 4.69) is 24.4 Å². The smallest absolute Gasteiger partial charge is 0.123 e. The van der Waals surface area contributed by atoms with Gasteiger partial charge in [-0.3, -0.25) is 0 Å². The third-order valence-corrected chi connectivity index (χ3v) is 3.28. The minimum Gasteiger partial charge on any atom is -0.496 e. The van der Waals surface area contributed by atoms with E-state index in [1.54, 1.807) is 7.11 Å². The molecule has 0 aliphatic rings. The Labute approximate surface area is 119 Å². The van der Waals surface area contributed by atoms with E-state index in [4.69, 9.17) is 16.3 Å². The van der Waals surface area contributed by atoms with Crippen molar-refractivity contribution < 1.29 is 4.74 Å². The maximum Gasteiger partial charge on any atom is 0.123 e. The van der Waals surface area contributed by atoms with Crippen molar-refractivity contribution in [1.82, 2.24) is 5.32 Å². The van der Waals surface area contributed by atoms with E-state index in [1.807, 2.05) is 36.4 Å². The Morgan fingerprint density at radius 2 is 1.95 bits per heavy atom. The monoisotopic (exact) mass is 275 g/mol. The average Bonchev–Trinajstić information content (AvgIpc) is 2.45. The fourth-order valence-electron chi connectivity index (χ4n) is 2.20. The van der Waals surface area contributed by atoms with Gasteiger partial charge in [-0.1, -0.05) is 48.9 Å². The molecule has 1 unspecified atom stereocenters. The molecule has 2 aromatic carbocycles. The van der Waals surface area contributed by atoms with Gasteiger partial charge < -0.3 is 10.1 Å². The van der Waals surface area contributed by atoms with Gasteiger partial charge in [0.15, 0.2) is 0 Å². The summed E-state index contributed by atoms with van der Waals surface area (Å²) in [6.45, 7) is 2.96. The van der Waals surface area contributed by atoms with Crippen LogP contribution in [0.2, 0.25) is 5.02 Å². The first-order chi connectivity index (χ1) is 9.26. The molecule has 1 N–H and O–H groups in total. The maximum absolute atomic E-state index is 6.09. The Kier molecular flexibility index (Phi) is 4.83. The Bertz CT molecular complexity index is 542. The van der Waals surface area contributed by atoms with Crippen molar-refractivity contribution in [2.24, 2.45) is 0 Å². The summed E-state index contributed by atoms with van der Waals surface area (Å²) in [4.78, 5) is 0. The number of rotatable bonds is 5. The zero-order valence-electron chi connectivity index (χ0n) is 11.2. The molecule has 2 rings (SSSR count). The second-order valence-electron chi connectivity index (χ2n) is 4.29. The van der Waals surface area contributed by atoms with Crippen molar-refractivity contribution in [3.63, 3.8) is 0 Å². The van der Waals surface area contributed by atoms with Crippen LogP contribution in [-0.2, 0) is 0 Å². The number of para-hydroxylation sites is 1. The van der Waals surface area contributed by atoms with E-state index in [0.29, 0.717) is 0 Å². The first-order valence-electron chi connectivity index (χ1n) is 6.38. The quantitative estimate of drug-likeness (QED) is 0.889. The molecule has 0 aromatic heterocycles. The zero-order valence-corrected chi connectivity index (χ0v) is 11.9. The lowest BCUT2D eigenvalue weighted by Crippen LogP contribution is -2.22. The number of ether oxygens (including phenoxy) is 1. The second kappa shape index (κ2) is 6.60. The molecule has 0 saturated carbocycles. The van der Waals surface area contributed by atoms with Crippen LogP contribution in [0, 0.1) is 0 Å². The summed E-state index contributed by atoms with van der Waals surface area (Å²) in [7, 11) is 1.69. The van der Waals surface area contributed by atoms with Gasteiger partial charge in [-0.25, -0.2) is 0 Å². The van der Waals surface area contributed by atoms with Crippen molar-refractivity contribution in [1.29, 1.82) is 0 Å². The summed E-state index contributed by atoms with van der Waals surface area (Å²) in [6.07, 6.45) is 0. The lowest BCUT2D eigenvalue weighted by molar-refractivity contribution is 0.404. The van der Waals surface area contributed by atoms with Gasteiger partial charge in [0.2, 0.25) is 0 Å². The molecule has 1 atom stereocenters. The molecule has 0 bridgehead atoms. The summed E-state index contributed by atoms with van der Waals surface area (Å²) >= 11 is 6.09. The molecule has 0 aliphatic carbocycles. The molecule has 0 spiro atoms. The Morgan fingerprint density at radius 3 is 2.63 bits per heavy atom. The highest BCUT2D eigenvalue weighted by molar-refractivity contribution is 6.30. The van der Waals surface area contributed by atoms with Crippen molar-refractivity contribution in [3.05, 3.63) is 64.7 Å². The first kappa shape index (κ1) is 13.9. The molecule has 2 nitrogen and oxygen atoms in total. The predicted molar refractivity (Wildman–Crippen MR) is 80.0 cm³/mol. The highest BCUT2D eigenvalue weighted by Gasteiger charge is 2.16. The van der Waals surface area contributed by atoms with Crippen LogP contribution in [0.5, 0.6) is 5.75 Å². The highest BCUT2D eigenvalue weighted by atomic mass is 35.5. The van der Waals surface area contributed by atoms with Crippen LogP contribution in [0.25, 0.3) is 0 Å². The topological polar surface area (TPSA) is 21.3 Å². The van der Waals surface area contributed by atoms with Gasteiger partial charge in [0, 0.05) is 10.6 Å². The van der Waals surface area contributed by atoms with E-state index in [9.17, 15) is 0 Å². The van der Waals surface area contributed by atoms with Crippen molar-refractivity contribution >= 4 is 11.6 Å². The van der Waals surface area contributed by atoms with E-state index >= 15 is 0 Å². The molecule has 2 aromatic rings. The van der Waals surface area contributed by atoms with E-state index < -0.39 is 0 Å². The molecule has 0 saturated heterocycles. The van der Waals surface area contributed by atoms with Crippen LogP contribution < -0.4 is 10.1 Å². The third kappa shape index (κ3) is 3.28. The first-order valence-corrected chi connectivity index (χ1v) is 6.75. The Morgan fingerprint density at radius 1 is 1.16 bits per heavy atom. The summed E-state index contributed by atoms with van der Waals surface area (Å²) in [5, 5.41) is 4.22. The molecule has 0 fully saturated rings. The van der Waals surface area contributed by atoms with Crippen molar-refractivity contribution in [2.45, 2.75) is 13.0 Å². The summed E-state index contributed by atoms with van der Waals surface area (Å²) in [5.74, 6) is 0.883. The second-order valence-corrected chi connectivity index (χ2v) is 4.72. The van der Waals surface area contributed by atoms with Crippen LogP contribution in [0.4, 0.5) is 0 Å². The Balaban J connectivity index is 2.45. The van der Waals surface area contributed by atoms with Gasteiger partial charge in [0.05, 0.1) is 13.2 Å². The summed E-state index contributed by atoms with van der Waals surface area (Å²) in [5.41, 5.74) is 2.26. The molecule has 19 heavy (non-hydrogen) atoms. The van der Waals surface area contributed by atoms with Crippen molar-refractivity contribution in [3.8, 4) is 5.75 Å². The largest absolute Gasteiger partial charge is 0.496 e. The summed E-state index contributed by atoms with van der Waals surface area (Å²) < 4.78 is 5.45. The predicted octanol–water partition coefficient (Wildman–Crippen LogP) is 4.05. The number of methoxy groups -OCH3 is 1. The maximum atomic E-state index is 6.09. The number of hydrogen-bond donors (Lipinski definition) is 1. The van der Waals surface area contributed by atoms with Crippen LogP contribution in [-0.4, -0.2) is 13.7 Å². The van der Waals surface area contributed by atoms with E-state index in [-0.39, 0.29) is 6.04 Å². The standard InChI is InChI=1S/C16H18ClNO/c1-3-18-16(12-7-6-8-13(17)11-12)14-9-4-5-10-15(14)19-2/h4-11,16,18H,3H2,1-2H3. The molecular formula is C16H18ClNO. The van der Waals surface area contributed by atoms with Crippen LogP contribution >= 0.6 is 11.6 Å². The number of benzene rings is 2. The van der Waals surface area contributed by atoms with Crippen LogP contribution in [0.15, 0.2) is 48.5 Å². The normalized spacial score (nSPS) is 12.2. The van der Waals surface area contributed by atoms with Gasteiger partial charge in [-0.2, -0.15) is 0 Å². The SMILES string of the molecule is CCNC(c1cccc(Cl)c1)c1ccccc1OC. The lowest BCUT2D eigenvalue weighted by atomic mass is 9.98. The van der Waals surface area contributed by atoms with E-state index in [1.165, 1.54) is 0 Å². The number of hydrogen-bond acceptors (Lipinski definition) is 2. The molecule has 0 radical (unpaired) electrons. The minimum atomic E-state index is 0.0832. The molecule has 0 aliphatic heterocycles. The van der Waals surface area contributed by atoms with Crippen molar-refractivity contribution in [2.75, 3.05) is 13.7 Å². The van der Waals surface area contributed by atoms with E-state index in [0.717, 1.165) is 28.4 Å². The van der Waals surface area contributed by atoms with Gasteiger partial charge in [0.25, 0.3) is 0 Å². The molecule has 0 heterocycles. The molecule has 100 valence electrons. The van der Waals surface area contributed by atoms with Gasteiger partial charge in [0.1, 0.15) is 5.75 Å². The van der Waals surface area contributed by atoms with Gasteiger partial charge >= 0.3 is 0 Å². The molecule has 0 amide bonds. The van der Waals surface area contributed by atoms with Gasteiger partial charge in [-0.15, -0.1) is 0 Å². The highest BCUT2D eigenvalue weighted by Crippen LogP contribution is 2.30. The van der Waals surface area contributed by atoms with Gasteiger partial charge in [-0.05, 0) is 30.3 Å². The minimum absolute atomic E-state index is 0.0832. The third-order valence-electron chi connectivity index (χ3n) is 3.04. The Hall–Kier alpha value is -1.51. The molecule has 3 heteroatoms. The number of nitrogens with one attached hydrogen (secondary N) is 1. The zero-order chi connectivity index (χ0) is 13.7. The number of halogens is 1.